The molecule has 5 heteroatoms. The predicted octanol–water partition coefficient (Wildman–Crippen LogP) is 4.13. The van der Waals surface area contributed by atoms with Crippen molar-refractivity contribution in [3.8, 4) is 5.75 Å². The van der Waals surface area contributed by atoms with Gasteiger partial charge in [0.15, 0.2) is 0 Å². The van der Waals surface area contributed by atoms with E-state index in [2.05, 4.69) is 0 Å². The zero-order chi connectivity index (χ0) is 12.3. The zero-order valence-electron chi connectivity index (χ0n) is 8.90. The van der Waals surface area contributed by atoms with E-state index < -0.39 is 0 Å². The quantitative estimate of drug-likeness (QED) is 0.918. The van der Waals surface area contributed by atoms with E-state index in [1.54, 1.807) is 12.1 Å². The second-order valence-electron chi connectivity index (χ2n) is 3.44. The Morgan fingerprint density at radius 2 is 1.82 bits per heavy atom. The lowest BCUT2D eigenvalue weighted by atomic mass is 10.3. The topological polar surface area (TPSA) is 35.2 Å². The summed E-state index contributed by atoms with van der Waals surface area (Å²) in [4.78, 5) is 1.02. The van der Waals surface area contributed by atoms with E-state index in [4.69, 9.17) is 33.7 Å². The number of hydrogen-bond donors (Lipinski definition) is 1. The highest BCUT2D eigenvalue weighted by atomic mass is 35.5. The van der Waals surface area contributed by atoms with E-state index in [-0.39, 0.29) is 6.10 Å². The molecule has 1 unspecified atom stereocenters. The van der Waals surface area contributed by atoms with Crippen LogP contribution >= 0.6 is 34.5 Å². The van der Waals surface area contributed by atoms with Gasteiger partial charge in [0.25, 0.3) is 0 Å². The zero-order valence-corrected chi connectivity index (χ0v) is 11.2. The first-order chi connectivity index (χ1) is 8.19. The monoisotopic (exact) mass is 287 g/mol. The van der Waals surface area contributed by atoms with E-state index in [9.17, 15) is 0 Å². The van der Waals surface area contributed by atoms with Crippen molar-refractivity contribution in [3.63, 3.8) is 0 Å². The highest BCUT2D eigenvalue weighted by Gasteiger charge is 2.13. The molecule has 0 saturated heterocycles. The molecule has 1 aromatic heterocycles. The molecule has 0 amide bonds. The molecule has 1 heterocycles. The summed E-state index contributed by atoms with van der Waals surface area (Å²) < 4.78 is 6.52. The molecule has 1 aromatic carbocycles. The third kappa shape index (κ3) is 3.36. The lowest BCUT2D eigenvalue weighted by molar-refractivity contribution is 0.218. The normalized spacial score (nSPS) is 12.4. The van der Waals surface area contributed by atoms with Gasteiger partial charge in [-0.15, -0.1) is 11.3 Å². The summed E-state index contributed by atoms with van der Waals surface area (Å²) in [6.07, 6.45) is -0.173. The number of halogens is 2. The van der Waals surface area contributed by atoms with Gasteiger partial charge in [0.05, 0.1) is 4.34 Å². The third-order valence-electron chi connectivity index (χ3n) is 2.22. The van der Waals surface area contributed by atoms with E-state index in [1.165, 1.54) is 11.3 Å². The van der Waals surface area contributed by atoms with Crippen LogP contribution in [0, 0.1) is 0 Å². The molecule has 2 aromatic rings. The molecule has 0 aliphatic heterocycles. The smallest absolute Gasteiger partial charge is 0.145 e. The van der Waals surface area contributed by atoms with Gasteiger partial charge in [-0.1, -0.05) is 23.2 Å². The van der Waals surface area contributed by atoms with Crippen LogP contribution in [0.1, 0.15) is 11.0 Å². The minimum atomic E-state index is -0.173. The maximum Gasteiger partial charge on any atom is 0.145 e. The molecule has 0 spiro atoms. The van der Waals surface area contributed by atoms with Crippen LogP contribution in [0.5, 0.6) is 5.75 Å². The van der Waals surface area contributed by atoms with Gasteiger partial charge in [-0.2, -0.15) is 0 Å². The highest BCUT2D eigenvalue weighted by molar-refractivity contribution is 7.16. The molecule has 0 bridgehead atoms. The summed E-state index contributed by atoms with van der Waals surface area (Å²) >= 11 is 13.2. The average Bonchev–Trinajstić information content (AvgIpc) is 2.75. The number of benzene rings is 1. The molecular formula is C12H11Cl2NOS. The van der Waals surface area contributed by atoms with E-state index >= 15 is 0 Å². The molecule has 2 rings (SSSR count). The summed E-state index contributed by atoms with van der Waals surface area (Å²) in [5, 5.41) is 0.681. The lowest BCUT2D eigenvalue weighted by Crippen LogP contribution is -2.17. The summed E-state index contributed by atoms with van der Waals surface area (Å²) in [6.45, 7) is 0.402. The van der Waals surface area contributed by atoms with Crippen molar-refractivity contribution in [1.29, 1.82) is 0 Å². The van der Waals surface area contributed by atoms with Gasteiger partial charge in [-0.05, 0) is 36.4 Å². The van der Waals surface area contributed by atoms with Crippen LogP contribution in [0.15, 0.2) is 36.4 Å². The van der Waals surface area contributed by atoms with Gasteiger partial charge in [-0.25, -0.2) is 0 Å². The first-order valence-electron chi connectivity index (χ1n) is 5.06. The fourth-order valence-electron chi connectivity index (χ4n) is 1.40. The van der Waals surface area contributed by atoms with Crippen molar-refractivity contribution in [3.05, 3.63) is 50.6 Å². The first kappa shape index (κ1) is 12.7. The average molecular weight is 288 g/mol. The fraction of sp³-hybridized carbons (Fsp3) is 0.167. The van der Waals surface area contributed by atoms with Crippen LogP contribution in [0.25, 0.3) is 0 Å². The van der Waals surface area contributed by atoms with Gasteiger partial charge >= 0.3 is 0 Å². The molecule has 17 heavy (non-hydrogen) atoms. The minimum Gasteiger partial charge on any atom is -0.484 e. The van der Waals surface area contributed by atoms with Gasteiger partial charge in [0.1, 0.15) is 11.9 Å². The maximum absolute atomic E-state index is 5.89. The van der Waals surface area contributed by atoms with E-state index in [0.29, 0.717) is 11.6 Å². The van der Waals surface area contributed by atoms with Crippen LogP contribution in [0.2, 0.25) is 9.36 Å². The summed E-state index contributed by atoms with van der Waals surface area (Å²) in [5.41, 5.74) is 5.70. The van der Waals surface area contributed by atoms with Crippen molar-refractivity contribution in [2.24, 2.45) is 5.73 Å². The van der Waals surface area contributed by atoms with Crippen LogP contribution in [0.3, 0.4) is 0 Å². The Labute approximate surface area is 114 Å². The molecular weight excluding hydrogens is 277 g/mol. The molecule has 90 valence electrons. The van der Waals surface area contributed by atoms with Crippen LogP contribution in [0.4, 0.5) is 0 Å². The Balaban J connectivity index is 2.12. The second kappa shape index (κ2) is 5.74. The van der Waals surface area contributed by atoms with Gasteiger partial charge in [0.2, 0.25) is 0 Å². The first-order valence-corrected chi connectivity index (χ1v) is 6.64. The Kier molecular flexibility index (Phi) is 4.29. The van der Waals surface area contributed by atoms with Crippen molar-refractivity contribution in [2.45, 2.75) is 6.10 Å². The van der Waals surface area contributed by atoms with E-state index in [0.717, 1.165) is 15.0 Å². The number of thiophene rings is 1. The van der Waals surface area contributed by atoms with Crippen molar-refractivity contribution < 1.29 is 4.74 Å². The van der Waals surface area contributed by atoms with Crippen LogP contribution in [-0.2, 0) is 0 Å². The fourth-order valence-corrected chi connectivity index (χ4v) is 2.63. The number of nitrogens with two attached hydrogens (primary N) is 1. The molecule has 2 N–H and O–H groups in total. The molecule has 0 saturated carbocycles. The number of rotatable bonds is 4. The molecule has 0 fully saturated rings. The van der Waals surface area contributed by atoms with Crippen LogP contribution < -0.4 is 10.5 Å². The Morgan fingerprint density at radius 1 is 1.12 bits per heavy atom. The van der Waals surface area contributed by atoms with Crippen LogP contribution in [-0.4, -0.2) is 6.54 Å². The van der Waals surface area contributed by atoms with Crippen molar-refractivity contribution in [2.75, 3.05) is 6.54 Å². The molecule has 0 aliphatic rings. The SMILES string of the molecule is NCC(Oc1ccc(Cl)cc1)c1ccc(Cl)s1. The summed E-state index contributed by atoms with van der Waals surface area (Å²) in [7, 11) is 0. The highest BCUT2D eigenvalue weighted by Crippen LogP contribution is 2.30. The minimum absolute atomic E-state index is 0.173. The second-order valence-corrected chi connectivity index (χ2v) is 5.62. The summed E-state index contributed by atoms with van der Waals surface area (Å²) in [6, 6.07) is 11.0. The molecule has 1 atom stereocenters. The Hall–Kier alpha value is -0.740. The Bertz CT molecular complexity index is 484. The predicted molar refractivity (Wildman–Crippen MR) is 73.2 cm³/mol. The molecule has 0 radical (unpaired) electrons. The number of ether oxygens (including phenoxy) is 1. The largest absolute Gasteiger partial charge is 0.484 e. The third-order valence-corrected chi connectivity index (χ3v) is 3.79. The summed E-state index contributed by atoms with van der Waals surface area (Å²) in [5.74, 6) is 0.745. The Morgan fingerprint density at radius 3 is 2.35 bits per heavy atom. The maximum atomic E-state index is 5.89. The van der Waals surface area contributed by atoms with Gasteiger partial charge in [-0.3, -0.25) is 0 Å². The standard InChI is InChI=1S/C12H11Cl2NOS/c13-8-1-3-9(4-2-8)16-10(7-15)11-5-6-12(14)17-11/h1-6,10H,7,15H2. The van der Waals surface area contributed by atoms with Gasteiger partial charge in [0, 0.05) is 16.4 Å². The van der Waals surface area contributed by atoms with Crippen molar-refractivity contribution in [1.82, 2.24) is 0 Å². The molecule has 2 nitrogen and oxygen atoms in total. The number of hydrogen-bond acceptors (Lipinski definition) is 3. The van der Waals surface area contributed by atoms with Crippen molar-refractivity contribution >= 4 is 34.5 Å². The van der Waals surface area contributed by atoms with Gasteiger partial charge < -0.3 is 10.5 Å². The molecule has 0 aliphatic carbocycles. The van der Waals surface area contributed by atoms with E-state index in [1.807, 2.05) is 24.3 Å². The lowest BCUT2D eigenvalue weighted by Gasteiger charge is -2.15.